The fourth-order valence-electron chi connectivity index (χ4n) is 3.32. The number of benzene rings is 1. The van der Waals surface area contributed by atoms with Gasteiger partial charge in [-0.2, -0.15) is 0 Å². The van der Waals surface area contributed by atoms with E-state index in [9.17, 15) is 14.7 Å². The number of H-pyrrole nitrogens is 1. The van der Waals surface area contributed by atoms with Crippen LogP contribution in [0.15, 0.2) is 34.0 Å². The number of aliphatic hydroxyl groups is 1. The predicted molar refractivity (Wildman–Crippen MR) is 115 cm³/mol. The van der Waals surface area contributed by atoms with E-state index in [1.54, 1.807) is 18.2 Å². The average Bonchev–Trinajstić information content (AvgIpc) is 3.04. The van der Waals surface area contributed by atoms with Crippen LogP contribution in [0.4, 0.5) is 0 Å². The van der Waals surface area contributed by atoms with Gasteiger partial charge in [0.25, 0.3) is 5.56 Å². The van der Waals surface area contributed by atoms with Crippen molar-refractivity contribution in [3.8, 4) is 5.75 Å². The van der Waals surface area contributed by atoms with Gasteiger partial charge in [0.15, 0.2) is 0 Å². The molecule has 1 fully saturated rings. The number of nitrogens with zero attached hydrogens (tertiary/aromatic N) is 1. The molecule has 3 N–H and O–H groups in total. The molecule has 0 spiro atoms. The quantitative estimate of drug-likeness (QED) is 0.560. The maximum absolute atomic E-state index is 12.1. The Morgan fingerprint density at radius 3 is 2.87 bits per heavy atom. The summed E-state index contributed by atoms with van der Waals surface area (Å²) < 4.78 is 13.0. The molecule has 1 aromatic carbocycles. The normalized spacial score (nSPS) is 22.2. The first-order valence-corrected chi connectivity index (χ1v) is 10.5. The Balaban J connectivity index is 1.53. The third-order valence-electron chi connectivity index (χ3n) is 4.94. The summed E-state index contributed by atoms with van der Waals surface area (Å²) in [4.78, 5) is 26.2. The maximum Gasteiger partial charge on any atom is 0.330 e. The van der Waals surface area contributed by atoms with E-state index in [0.29, 0.717) is 40.9 Å². The van der Waals surface area contributed by atoms with Crippen molar-refractivity contribution in [3.05, 3.63) is 60.8 Å². The number of aromatic nitrogens is 2. The number of hydrogen-bond donors (Lipinski definition) is 3. The summed E-state index contributed by atoms with van der Waals surface area (Å²) in [7, 11) is 0. The molecule has 3 rings (SSSR count). The van der Waals surface area contributed by atoms with E-state index in [1.807, 2.05) is 13.8 Å². The van der Waals surface area contributed by atoms with Gasteiger partial charge in [0.2, 0.25) is 0 Å². The van der Waals surface area contributed by atoms with Crippen molar-refractivity contribution >= 4 is 23.2 Å². The first-order chi connectivity index (χ1) is 14.3. The van der Waals surface area contributed by atoms with Crippen molar-refractivity contribution in [2.75, 3.05) is 13.1 Å². The molecule has 8 nitrogen and oxygen atoms in total. The van der Waals surface area contributed by atoms with Crippen LogP contribution < -0.4 is 21.3 Å². The monoisotopic (exact) mass is 457 g/mol. The van der Waals surface area contributed by atoms with Crippen LogP contribution >= 0.6 is 23.2 Å². The molecule has 0 amide bonds. The zero-order valence-corrected chi connectivity index (χ0v) is 18.2. The molecule has 0 radical (unpaired) electrons. The van der Waals surface area contributed by atoms with Crippen LogP contribution in [-0.4, -0.2) is 46.1 Å². The topological polar surface area (TPSA) is 106 Å². The fraction of sp³-hybridized carbons (Fsp3) is 0.500. The van der Waals surface area contributed by atoms with Crippen molar-refractivity contribution in [3.63, 3.8) is 0 Å². The highest BCUT2D eigenvalue weighted by molar-refractivity contribution is 6.35. The third-order valence-corrected chi connectivity index (χ3v) is 5.47. The molecule has 0 aliphatic carbocycles. The summed E-state index contributed by atoms with van der Waals surface area (Å²) >= 11 is 12.0. The van der Waals surface area contributed by atoms with Crippen molar-refractivity contribution in [1.29, 1.82) is 0 Å². The number of rotatable bonds is 8. The van der Waals surface area contributed by atoms with Crippen molar-refractivity contribution < 1.29 is 14.6 Å². The molecule has 1 aliphatic rings. The second kappa shape index (κ2) is 9.98. The van der Waals surface area contributed by atoms with E-state index >= 15 is 0 Å². The highest BCUT2D eigenvalue weighted by Crippen LogP contribution is 2.29. The molecule has 1 unspecified atom stereocenters. The second-order valence-corrected chi connectivity index (χ2v) is 8.11. The van der Waals surface area contributed by atoms with Crippen LogP contribution in [0.2, 0.25) is 10.0 Å². The Hall–Kier alpha value is -1.84. The number of aliphatic hydroxyl groups excluding tert-OH is 1. The van der Waals surface area contributed by atoms with Crippen LogP contribution in [-0.2, 0) is 11.2 Å². The first kappa shape index (κ1) is 22.8. The van der Waals surface area contributed by atoms with Gasteiger partial charge < -0.3 is 19.9 Å². The van der Waals surface area contributed by atoms with Crippen LogP contribution in [0.25, 0.3) is 0 Å². The summed E-state index contributed by atoms with van der Waals surface area (Å²) in [5.74, 6) is 0.539. The summed E-state index contributed by atoms with van der Waals surface area (Å²) in [6, 6.07) is 5.03. The molecule has 10 heteroatoms. The van der Waals surface area contributed by atoms with E-state index in [4.69, 9.17) is 32.7 Å². The molecule has 1 saturated heterocycles. The molecule has 0 bridgehead atoms. The maximum atomic E-state index is 12.1. The zero-order valence-electron chi connectivity index (χ0n) is 16.7. The van der Waals surface area contributed by atoms with Crippen LogP contribution in [0.3, 0.4) is 0 Å². The predicted octanol–water partition coefficient (Wildman–Crippen LogP) is 2.11. The minimum absolute atomic E-state index is 0.188. The standard InChI is InChI=1S/C20H25Cl2N3O5/c1-3-12-10-25(20(28)24-19(12)27)18-7-15(26)17(30-18)9-23-8-11(2)29-16-5-4-13(21)6-14(16)22/h4-6,10-11,15,17-18,23,26H,3,7-9H2,1-2H3,(H,24,27,28)/t11-,15?,17-,18-/m0/s1. The Morgan fingerprint density at radius 1 is 1.40 bits per heavy atom. The van der Waals surface area contributed by atoms with Gasteiger partial charge >= 0.3 is 5.69 Å². The van der Waals surface area contributed by atoms with E-state index < -0.39 is 29.7 Å². The van der Waals surface area contributed by atoms with Gasteiger partial charge in [-0.3, -0.25) is 14.3 Å². The van der Waals surface area contributed by atoms with Crippen molar-refractivity contribution in [1.82, 2.24) is 14.9 Å². The van der Waals surface area contributed by atoms with Gasteiger partial charge in [-0.15, -0.1) is 0 Å². The molecule has 1 aromatic heterocycles. The van der Waals surface area contributed by atoms with E-state index in [2.05, 4.69) is 10.3 Å². The molecular formula is C20H25Cl2N3O5. The summed E-state index contributed by atoms with van der Waals surface area (Å²) in [6.07, 6.45) is 0.188. The van der Waals surface area contributed by atoms with E-state index in [-0.39, 0.29) is 12.5 Å². The van der Waals surface area contributed by atoms with E-state index in [1.165, 1.54) is 10.8 Å². The molecular weight excluding hydrogens is 433 g/mol. The first-order valence-electron chi connectivity index (χ1n) is 9.78. The zero-order chi connectivity index (χ0) is 21.8. The number of nitrogens with one attached hydrogen (secondary N) is 2. The number of aromatic amines is 1. The second-order valence-electron chi connectivity index (χ2n) is 7.27. The Labute approximate surface area is 183 Å². The molecule has 1 aliphatic heterocycles. The summed E-state index contributed by atoms with van der Waals surface area (Å²) in [5.41, 5.74) is -0.462. The molecule has 30 heavy (non-hydrogen) atoms. The fourth-order valence-corrected chi connectivity index (χ4v) is 3.77. The molecule has 0 saturated carbocycles. The van der Waals surface area contributed by atoms with Crippen LogP contribution in [0.5, 0.6) is 5.75 Å². The Bertz CT molecular complexity index is 993. The SMILES string of the molecule is CCc1cn([C@@H]2CC(O)[C@H](CNC[C@H](C)Oc3ccc(Cl)cc3Cl)O2)c(=O)[nH]c1=O. The van der Waals surface area contributed by atoms with Crippen LogP contribution in [0.1, 0.15) is 32.1 Å². The Kier molecular flexibility index (Phi) is 7.60. The minimum atomic E-state index is -0.742. The summed E-state index contributed by atoms with van der Waals surface area (Å²) in [5, 5.41) is 14.5. The molecule has 4 atom stereocenters. The average molecular weight is 458 g/mol. The highest BCUT2D eigenvalue weighted by atomic mass is 35.5. The van der Waals surface area contributed by atoms with Gasteiger partial charge in [0.05, 0.1) is 17.2 Å². The largest absolute Gasteiger partial charge is 0.488 e. The van der Waals surface area contributed by atoms with Gasteiger partial charge in [-0.05, 0) is 31.5 Å². The Morgan fingerprint density at radius 2 is 2.17 bits per heavy atom. The molecule has 164 valence electrons. The lowest BCUT2D eigenvalue weighted by Crippen LogP contribution is -2.38. The van der Waals surface area contributed by atoms with Gasteiger partial charge in [0.1, 0.15) is 18.1 Å². The number of halogens is 2. The highest BCUT2D eigenvalue weighted by Gasteiger charge is 2.35. The minimum Gasteiger partial charge on any atom is -0.488 e. The smallest absolute Gasteiger partial charge is 0.330 e. The molecule has 2 heterocycles. The summed E-state index contributed by atoms with van der Waals surface area (Å²) in [6.45, 7) is 4.59. The number of hydrogen-bond acceptors (Lipinski definition) is 6. The lowest BCUT2D eigenvalue weighted by molar-refractivity contribution is -0.0199. The number of aryl methyl sites for hydroxylation is 1. The molecule has 2 aromatic rings. The van der Waals surface area contributed by atoms with Gasteiger partial charge in [-0.1, -0.05) is 30.1 Å². The van der Waals surface area contributed by atoms with Gasteiger partial charge in [-0.25, -0.2) is 4.79 Å². The van der Waals surface area contributed by atoms with E-state index in [0.717, 1.165) is 0 Å². The number of ether oxygens (including phenoxy) is 2. The van der Waals surface area contributed by atoms with Crippen molar-refractivity contribution in [2.45, 2.75) is 51.2 Å². The van der Waals surface area contributed by atoms with Crippen LogP contribution in [0, 0.1) is 0 Å². The van der Waals surface area contributed by atoms with Crippen molar-refractivity contribution in [2.24, 2.45) is 0 Å². The third kappa shape index (κ3) is 5.44. The lowest BCUT2D eigenvalue weighted by Gasteiger charge is -2.20. The lowest BCUT2D eigenvalue weighted by atomic mass is 10.1. The van der Waals surface area contributed by atoms with Gasteiger partial charge in [0, 0.05) is 36.3 Å².